The highest BCUT2D eigenvalue weighted by Crippen LogP contribution is 2.16. The maximum absolute atomic E-state index is 8.76. The lowest BCUT2D eigenvalue weighted by Gasteiger charge is -2.09. The Bertz CT molecular complexity index is 274. The first-order valence-electron chi connectivity index (χ1n) is 3.04. The summed E-state index contributed by atoms with van der Waals surface area (Å²) < 4.78 is 4.43. The molecule has 4 heteroatoms. The smallest absolute Gasteiger partial charge is 0.310 e. The van der Waals surface area contributed by atoms with E-state index in [0.29, 0.717) is 12.4 Å². The van der Waals surface area contributed by atoms with Crippen LogP contribution in [0.2, 0.25) is 0 Å². The minimum absolute atomic E-state index is 0.205. The second kappa shape index (κ2) is 2.97. The van der Waals surface area contributed by atoms with E-state index in [1.165, 1.54) is 6.07 Å². The summed E-state index contributed by atoms with van der Waals surface area (Å²) in [6, 6.07) is 1.40. The first-order valence-corrected chi connectivity index (χ1v) is 3.04. The van der Waals surface area contributed by atoms with Crippen molar-refractivity contribution >= 4 is 5.82 Å². The zero-order valence-corrected chi connectivity index (χ0v) is 6.11. The first kappa shape index (κ1) is 7.48. The molecule has 4 nitrogen and oxygen atoms in total. The normalized spacial score (nSPS) is 9.09. The lowest BCUT2D eigenvalue weighted by atomic mass is 10.5. The average Bonchev–Trinajstić information content (AvgIpc) is 2.36. The molecule has 0 aromatic carbocycles. The van der Waals surface area contributed by atoms with Crippen LogP contribution < -0.4 is 4.90 Å². The third-order valence-electron chi connectivity index (χ3n) is 1.20. The highest BCUT2D eigenvalue weighted by molar-refractivity contribution is 5.39. The minimum atomic E-state index is -0.205. The van der Waals surface area contributed by atoms with Gasteiger partial charge in [0.25, 0.3) is 0 Å². The molecule has 0 fully saturated rings. The topological polar surface area (TPSA) is 49.5 Å². The number of aromatic nitrogens is 1. The van der Waals surface area contributed by atoms with Crippen molar-refractivity contribution in [2.75, 3.05) is 18.5 Å². The standard InChI is InChI=1S/C7H8N2O2/c1-3-4-9(2)6-5-7(10)11-8-6/h1,5,10H,4H2,2H3. The molecule has 0 atom stereocenters. The van der Waals surface area contributed by atoms with Gasteiger partial charge < -0.3 is 14.5 Å². The molecule has 0 bridgehead atoms. The van der Waals surface area contributed by atoms with Crippen LogP contribution >= 0.6 is 0 Å². The van der Waals surface area contributed by atoms with E-state index >= 15 is 0 Å². The Morgan fingerprint density at radius 3 is 3.09 bits per heavy atom. The molecule has 1 aromatic rings. The van der Waals surface area contributed by atoms with Crippen LogP contribution in [0.1, 0.15) is 0 Å². The fourth-order valence-corrected chi connectivity index (χ4v) is 0.654. The second-order valence-corrected chi connectivity index (χ2v) is 2.08. The zero-order valence-electron chi connectivity index (χ0n) is 6.11. The van der Waals surface area contributed by atoms with Crippen LogP contribution in [0, 0.1) is 12.3 Å². The van der Waals surface area contributed by atoms with E-state index in [1.807, 2.05) is 0 Å². The molecule has 0 aliphatic heterocycles. The van der Waals surface area contributed by atoms with E-state index in [0.717, 1.165) is 0 Å². The highest BCUT2D eigenvalue weighted by Gasteiger charge is 2.04. The molecular formula is C7H8N2O2. The van der Waals surface area contributed by atoms with Gasteiger partial charge in [-0.2, -0.15) is 0 Å². The van der Waals surface area contributed by atoms with E-state index in [1.54, 1.807) is 11.9 Å². The molecule has 11 heavy (non-hydrogen) atoms. The molecule has 1 N–H and O–H groups in total. The van der Waals surface area contributed by atoms with E-state index < -0.39 is 0 Å². The average molecular weight is 152 g/mol. The minimum Gasteiger partial charge on any atom is -0.479 e. The zero-order chi connectivity index (χ0) is 8.27. The van der Waals surface area contributed by atoms with E-state index in [-0.39, 0.29) is 5.95 Å². The maximum Gasteiger partial charge on any atom is 0.310 e. The molecule has 58 valence electrons. The Hall–Kier alpha value is -1.63. The highest BCUT2D eigenvalue weighted by atomic mass is 16.5. The van der Waals surface area contributed by atoms with Crippen molar-refractivity contribution in [2.45, 2.75) is 0 Å². The fourth-order valence-electron chi connectivity index (χ4n) is 0.654. The lowest BCUT2D eigenvalue weighted by Crippen LogP contribution is -2.16. The van der Waals surface area contributed by atoms with Gasteiger partial charge in [-0.05, 0) is 0 Å². The number of aromatic hydroxyl groups is 1. The number of hydrogen-bond donors (Lipinski definition) is 1. The van der Waals surface area contributed by atoms with Crippen molar-refractivity contribution in [3.63, 3.8) is 0 Å². The molecule has 0 amide bonds. The Labute approximate surface area is 64.4 Å². The van der Waals surface area contributed by atoms with Gasteiger partial charge in [0, 0.05) is 7.05 Å². The van der Waals surface area contributed by atoms with E-state index in [2.05, 4.69) is 15.6 Å². The van der Waals surface area contributed by atoms with Gasteiger partial charge in [-0.3, -0.25) is 0 Å². The summed E-state index contributed by atoms with van der Waals surface area (Å²) in [6.45, 7) is 0.436. The molecule has 1 aromatic heterocycles. The van der Waals surface area contributed by atoms with Gasteiger partial charge in [0.1, 0.15) is 0 Å². The molecule has 0 saturated carbocycles. The predicted molar refractivity (Wildman–Crippen MR) is 40.3 cm³/mol. The Balaban J connectivity index is 2.70. The number of hydrogen-bond acceptors (Lipinski definition) is 4. The molecule has 0 unspecified atom stereocenters. The molecule has 1 rings (SSSR count). The van der Waals surface area contributed by atoms with Gasteiger partial charge in [-0.1, -0.05) is 11.1 Å². The van der Waals surface area contributed by atoms with Crippen LogP contribution in [0.4, 0.5) is 5.82 Å². The monoisotopic (exact) mass is 152 g/mol. The van der Waals surface area contributed by atoms with Gasteiger partial charge in [-0.15, -0.1) is 6.42 Å². The van der Waals surface area contributed by atoms with Crippen molar-refractivity contribution in [3.05, 3.63) is 6.07 Å². The van der Waals surface area contributed by atoms with E-state index in [9.17, 15) is 0 Å². The van der Waals surface area contributed by atoms with Crippen molar-refractivity contribution < 1.29 is 9.63 Å². The summed E-state index contributed by atoms with van der Waals surface area (Å²) in [5, 5.41) is 12.3. The summed E-state index contributed by atoms with van der Waals surface area (Å²) in [4.78, 5) is 1.68. The number of rotatable bonds is 2. The van der Waals surface area contributed by atoms with Gasteiger partial charge in [0.2, 0.25) is 0 Å². The largest absolute Gasteiger partial charge is 0.479 e. The number of anilines is 1. The Morgan fingerprint density at radius 1 is 1.91 bits per heavy atom. The van der Waals surface area contributed by atoms with Crippen molar-refractivity contribution in [1.29, 1.82) is 0 Å². The molecule has 0 saturated heterocycles. The summed E-state index contributed by atoms with van der Waals surface area (Å²) in [6.07, 6.45) is 5.06. The van der Waals surface area contributed by atoms with E-state index in [4.69, 9.17) is 11.5 Å². The second-order valence-electron chi connectivity index (χ2n) is 2.08. The van der Waals surface area contributed by atoms with Gasteiger partial charge in [0.05, 0.1) is 12.6 Å². The van der Waals surface area contributed by atoms with Crippen LogP contribution in [0.15, 0.2) is 10.6 Å². The van der Waals surface area contributed by atoms with Crippen LogP contribution in [0.25, 0.3) is 0 Å². The molecule has 0 aliphatic carbocycles. The molecule has 0 radical (unpaired) electrons. The quantitative estimate of drug-likeness (QED) is 0.625. The van der Waals surface area contributed by atoms with Gasteiger partial charge in [-0.25, -0.2) is 0 Å². The summed E-state index contributed by atoms with van der Waals surface area (Å²) >= 11 is 0. The summed E-state index contributed by atoms with van der Waals surface area (Å²) in [5.74, 6) is 2.76. The molecule has 1 heterocycles. The molecular weight excluding hydrogens is 144 g/mol. The van der Waals surface area contributed by atoms with Crippen molar-refractivity contribution in [1.82, 2.24) is 5.16 Å². The predicted octanol–water partition coefficient (Wildman–Crippen LogP) is 0.450. The van der Waals surface area contributed by atoms with Crippen molar-refractivity contribution in [2.24, 2.45) is 0 Å². The van der Waals surface area contributed by atoms with Crippen molar-refractivity contribution in [3.8, 4) is 18.3 Å². The van der Waals surface area contributed by atoms with Crippen LogP contribution in [0.3, 0.4) is 0 Å². The van der Waals surface area contributed by atoms with Crippen LogP contribution in [-0.2, 0) is 0 Å². The fraction of sp³-hybridized carbons (Fsp3) is 0.286. The Kier molecular flexibility index (Phi) is 2.02. The third-order valence-corrected chi connectivity index (χ3v) is 1.20. The van der Waals surface area contributed by atoms with Gasteiger partial charge in [0.15, 0.2) is 5.82 Å². The number of nitrogens with zero attached hydrogens (tertiary/aromatic N) is 2. The lowest BCUT2D eigenvalue weighted by molar-refractivity contribution is 0.278. The van der Waals surface area contributed by atoms with Gasteiger partial charge >= 0.3 is 5.95 Å². The SMILES string of the molecule is C#CCN(C)c1cc(O)on1. The third kappa shape index (κ3) is 1.64. The maximum atomic E-state index is 8.76. The molecule has 0 spiro atoms. The van der Waals surface area contributed by atoms with Crippen LogP contribution in [-0.4, -0.2) is 23.9 Å². The summed E-state index contributed by atoms with van der Waals surface area (Å²) in [5.41, 5.74) is 0. The summed E-state index contributed by atoms with van der Waals surface area (Å²) in [7, 11) is 1.76. The number of terminal acetylenes is 1. The Morgan fingerprint density at radius 2 is 2.64 bits per heavy atom. The van der Waals surface area contributed by atoms with Crippen LogP contribution in [0.5, 0.6) is 5.95 Å². The first-order chi connectivity index (χ1) is 5.24. The molecule has 0 aliphatic rings.